The van der Waals surface area contributed by atoms with E-state index in [0.29, 0.717) is 0 Å². The molecule has 0 aromatic carbocycles. The highest BCUT2D eigenvalue weighted by Crippen LogP contribution is 2.16. The number of nitrogens with one attached hydrogen (secondary N) is 1. The van der Waals surface area contributed by atoms with Crippen molar-refractivity contribution in [1.29, 1.82) is 0 Å². The van der Waals surface area contributed by atoms with Gasteiger partial charge in [0, 0.05) is 17.3 Å². The van der Waals surface area contributed by atoms with Crippen molar-refractivity contribution in [3.05, 3.63) is 35.4 Å². The van der Waals surface area contributed by atoms with Crippen LogP contribution in [-0.4, -0.2) is 0 Å². The number of thioether (sulfide) groups is 1. The van der Waals surface area contributed by atoms with E-state index in [1.165, 1.54) is 0 Å². The van der Waals surface area contributed by atoms with Crippen LogP contribution in [0.15, 0.2) is 35.4 Å². The van der Waals surface area contributed by atoms with Crippen LogP contribution in [0.5, 0.6) is 0 Å². The Morgan fingerprint density at radius 2 is 2.38 bits per heavy atom. The van der Waals surface area contributed by atoms with Crippen molar-refractivity contribution >= 4 is 11.8 Å². The second-order valence-corrected chi connectivity index (χ2v) is 2.42. The molecular formula is C6H7NS. The van der Waals surface area contributed by atoms with E-state index in [-0.39, 0.29) is 0 Å². The van der Waals surface area contributed by atoms with Crippen LogP contribution in [0.4, 0.5) is 0 Å². The Bertz CT molecular complexity index is 147. The van der Waals surface area contributed by atoms with Crippen LogP contribution < -0.4 is 5.32 Å². The lowest BCUT2D eigenvalue weighted by Crippen LogP contribution is -1.87. The molecule has 0 radical (unpaired) electrons. The van der Waals surface area contributed by atoms with Gasteiger partial charge in [-0.15, -0.1) is 0 Å². The average Bonchev–Trinajstić information content (AvgIpc) is 1.94. The first-order valence-corrected chi connectivity index (χ1v) is 3.21. The van der Waals surface area contributed by atoms with Gasteiger partial charge in [-0.05, 0) is 11.5 Å². The van der Waals surface area contributed by atoms with Gasteiger partial charge in [0.25, 0.3) is 0 Å². The summed E-state index contributed by atoms with van der Waals surface area (Å²) in [6.45, 7) is 3.76. The summed E-state index contributed by atoms with van der Waals surface area (Å²) in [4.78, 5) is 1.06. The molecule has 0 atom stereocenters. The lowest BCUT2D eigenvalue weighted by atomic mass is 10.6. The SMILES string of the molecule is C=C1C=CNC=CS1. The van der Waals surface area contributed by atoms with E-state index in [1.54, 1.807) is 11.8 Å². The van der Waals surface area contributed by atoms with Crippen LogP contribution in [0.3, 0.4) is 0 Å². The van der Waals surface area contributed by atoms with Gasteiger partial charge in [-0.2, -0.15) is 0 Å². The van der Waals surface area contributed by atoms with Crippen molar-refractivity contribution in [2.24, 2.45) is 0 Å². The van der Waals surface area contributed by atoms with Crippen LogP contribution in [0.25, 0.3) is 0 Å². The summed E-state index contributed by atoms with van der Waals surface area (Å²) in [6.07, 6.45) is 5.67. The molecular weight excluding hydrogens is 118 g/mol. The number of hydrogen-bond acceptors (Lipinski definition) is 2. The molecule has 1 aliphatic rings. The molecule has 1 heterocycles. The van der Waals surface area contributed by atoms with Gasteiger partial charge in [-0.25, -0.2) is 0 Å². The van der Waals surface area contributed by atoms with E-state index in [1.807, 2.05) is 23.9 Å². The third kappa shape index (κ3) is 1.46. The van der Waals surface area contributed by atoms with Crippen LogP contribution in [0.2, 0.25) is 0 Å². The van der Waals surface area contributed by atoms with Crippen LogP contribution >= 0.6 is 11.8 Å². The van der Waals surface area contributed by atoms with Gasteiger partial charge in [0.05, 0.1) is 0 Å². The summed E-state index contributed by atoms with van der Waals surface area (Å²) >= 11 is 1.61. The molecule has 42 valence electrons. The van der Waals surface area contributed by atoms with E-state index in [9.17, 15) is 0 Å². The molecule has 8 heavy (non-hydrogen) atoms. The van der Waals surface area contributed by atoms with E-state index in [0.717, 1.165) is 4.91 Å². The minimum Gasteiger partial charge on any atom is -0.367 e. The molecule has 1 nitrogen and oxygen atoms in total. The maximum Gasteiger partial charge on any atom is 0.00716 e. The van der Waals surface area contributed by atoms with Gasteiger partial charge in [-0.1, -0.05) is 18.3 Å². The normalized spacial score (nSPS) is 17.8. The molecule has 0 saturated heterocycles. The lowest BCUT2D eigenvalue weighted by Gasteiger charge is -1.84. The highest BCUT2D eigenvalue weighted by atomic mass is 32.2. The van der Waals surface area contributed by atoms with E-state index >= 15 is 0 Å². The summed E-state index contributed by atoms with van der Waals surface area (Å²) in [6, 6.07) is 0. The van der Waals surface area contributed by atoms with Crippen LogP contribution in [0.1, 0.15) is 0 Å². The highest BCUT2D eigenvalue weighted by Gasteiger charge is 1.85. The molecule has 0 aliphatic carbocycles. The third-order valence-corrected chi connectivity index (χ3v) is 1.46. The first-order chi connectivity index (χ1) is 3.89. The second kappa shape index (κ2) is 2.62. The summed E-state index contributed by atoms with van der Waals surface area (Å²) in [5.41, 5.74) is 0. The van der Waals surface area contributed by atoms with Crippen molar-refractivity contribution in [2.75, 3.05) is 0 Å². The van der Waals surface area contributed by atoms with Crippen molar-refractivity contribution in [1.82, 2.24) is 5.32 Å². The molecule has 0 aromatic rings. The van der Waals surface area contributed by atoms with Crippen molar-refractivity contribution in [3.63, 3.8) is 0 Å². The number of hydrogen-bond donors (Lipinski definition) is 1. The Morgan fingerprint density at radius 3 is 3.25 bits per heavy atom. The van der Waals surface area contributed by atoms with Gasteiger partial charge >= 0.3 is 0 Å². The fourth-order valence-corrected chi connectivity index (χ4v) is 0.865. The summed E-state index contributed by atoms with van der Waals surface area (Å²) in [5, 5.41) is 4.90. The van der Waals surface area contributed by atoms with Crippen molar-refractivity contribution in [3.8, 4) is 0 Å². The summed E-state index contributed by atoms with van der Waals surface area (Å²) in [5.74, 6) is 0. The molecule has 0 fully saturated rings. The molecule has 1 aliphatic heterocycles. The average molecular weight is 125 g/mol. The fraction of sp³-hybridized carbons (Fsp3) is 0. The highest BCUT2D eigenvalue weighted by molar-refractivity contribution is 8.06. The van der Waals surface area contributed by atoms with Gasteiger partial charge in [-0.3, -0.25) is 0 Å². The van der Waals surface area contributed by atoms with E-state index in [2.05, 4.69) is 11.9 Å². The Labute approximate surface area is 53.2 Å². The van der Waals surface area contributed by atoms with Crippen molar-refractivity contribution < 1.29 is 0 Å². The number of allylic oxidation sites excluding steroid dienone is 1. The Balaban J connectivity index is 2.61. The predicted molar refractivity (Wildman–Crippen MR) is 38.1 cm³/mol. The zero-order valence-corrected chi connectivity index (χ0v) is 5.24. The summed E-state index contributed by atoms with van der Waals surface area (Å²) in [7, 11) is 0. The maximum atomic E-state index is 3.76. The monoisotopic (exact) mass is 125 g/mol. The topological polar surface area (TPSA) is 12.0 Å². The summed E-state index contributed by atoms with van der Waals surface area (Å²) < 4.78 is 0. The Hall–Kier alpha value is -0.630. The fourth-order valence-electron chi connectivity index (χ4n) is 0.397. The Kier molecular flexibility index (Phi) is 1.80. The van der Waals surface area contributed by atoms with Crippen molar-refractivity contribution in [2.45, 2.75) is 0 Å². The molecule has 0 spiro atoms. The van der Waals surface area contributed by atoms with Crippen LogP contribution in [0, 0.1) is 0 Å². The molecule has 0 bridgehead atoms. The second-order valence-electron chi connectivity index (χ2n) is 1.39. The standard InChI is InChI=1S/C6H7NS/c1-6-2-3-7-4-5-8-6/h2-5,7H,1H2. The molecule has 0 aromatic heterocycles. The molecule has 0 saturated carbocycles. The zero-order valence-electron chi connectivity index (χ0n) is 4.42. The predicted octanol–water partition coefficient (Wildman–Crippen LogP) is 1.82. The van der Waals surface area contributed by atoms with E-state index in [4.69, 9.17) is 0 Å². The maximum absolute atomic E-state index is 3.76. The molecule has 2 heteroatoms. The van der Waals surface area contributed by atoms with Crippen LogP contribution in [-0.2, 0) is 0 Å². The van der Waals surface area contributed by atoms with Gasteiger partial charge in [0.2, 0.25) is 0 Å². The molecule has 0 amide bonds. The Morgan fingerprint density at radius 1 is 1.50 bits per heavy atom. The smallest absolute Gasteiger partial charge is 0.00716 e. The molecule has 1 rings (SSSR count). The largest absolute Gasteiger partial charge is 0.367 e. The zero-order chi connectivity index (χ0) is 5.82. The van der Waals surface area contributed by atoms with Gasteiger partial charge in [0.15, 0.2) is 0 Å². The minimum atomic E-state index is 1.06. The lowest BCUT2D eigenvalue weighted by molar-refractivity contribution is 1.20. The molecule has 1 N–H and O–H groups in total. The van der Waals surface area contributed by atoms with Gasteiger partial charge in [0.1, 0.15) is 0 Å². The molecule has 0 unspecified atom stereocenters. The first-order valence-electron chi connectivity index (χ1n) is 2.33. The minimum absolute atomic E-state index is 1.06. The third-order valence-electron chi connectivity index (χ3n) is 0.749. The first kappa shape index (κ1) is 5.51. The van der Waals surface area contributed by atoms with E-state index < -0.39 is 0 Å². The number of rotatable bonds is 0. The quantitative estimate of drug-likeness (QED) is 0.530. The van der Waals surface area contributed by atoms with Gasteiger partial charge < -0.3 is 5.32 Å².